The molecule has 3 N–H and O–H groups in total. The molecule has 0 aliphatic rings. The average Bonchev–Trinajstić information content (AvgIpc) is 3.56. The first-order valence-electron chi connectivity index (χ1n) is 11.0. The number of para-hydroxylation sites is 2. The number of anilines is 2. The number of rotatable bonds is 7. The molecule has 0 fully saturated rings. The summed E-state index contributed by atoms with van der Waals surface area (Å²) in [7, 11) is 1.52. The van der Waals surface area contributed by atoms with Crippen LogP contribution in [-0.4, -0.2) is 33.0 Å². The lowest BCUT2D eigenvalue weighted by molar-refractivity contribution is 0.102. The fraction of sp³-hybridized carbons (Fsp3) is 0.0769. The lowest BCUT2D eigenvalue weighted by Gasteiger charge is -2.07. The summed E-state index contributed by atoms with van der Waals surface area (Å²) in [6, 6.07) is 22.4. The number of nitrogen functional groups attached to an aromatic ring is 1. The molecular weight excluding hydrogens is 463 g/mol. The maximum atomic E-state index is 15.1. The molecule has 5 rings (SSSR count). The molecule has 2 heterocycles. The first-order chi connectivity index (χ1) is 17.5. The van der Waals surface area contributed by atoms with Crippen LogP contribution in [-0.2, 0) is 0 Å². The number of methoxy groups -OCH3 is 1. The van der Waals surface area contributed by atoms with Crippen LogP contribution >= 0.6 is 0 Å². The fourth-order valence-electron chi connectivity index (χ4n) is 3.59. The molecule has 2 aromatic heterocycles. The molecule has 3 aromatic carbocycles. The number of benzene rings is 3. The van der Waals surface area contributed by atoms with Gasteiger partial charge >= 0.3 is 0 Å². The molecule has 0 aliphatic carbocycles. The van der Waals surface area contributed by atoms with Crippen molar-refractivity contribution in [2.75, 3.05) is 18.2 Å². The second kappa shape index (κ2) is 9.71. The van der Waals surface area contributed by atoms with Gasteiger partial charge < -0.3 is 20.2 Å². The second-order valence-corrected chi connectivity index (χ2v) is 7.80. The third kappa shape index (κ3) is 4.51. The van der Waals surface area contributed by atoms with Gasteiger partial charge in [0.05, 0.1) is 30.2 Å². The Morgan fingerprint density at radius 1 is 1.03 bits per heavy atom. The second-order valence-electron chi connectivity index (χ2n) is 7.80. The van der Waals surface area contributed by atoms with Gasteiger partial charge in [-0.2, -0.15) is 0 Å². The van der Waals surface area contributed by atoms with Crippen LogP contribution in [0.25, 0.3) is 17.1 Å². The van der Waals surface area contributed by atoms with Crippen LogP contribution in [0.4, 0.5) is 15.9 Å². The van der Waals surface area contributed by atoms with Crippen molar-refractivity contribution in [3.8, 4) is 22.9 Å². The zero-order chi connectivity index (χ0) is 25.1. The molecule has 9 nitrogen and oxygen atoms in total. The van der Waals surface area contributed by atoms with Crippen molar-refractivity contribution < 1.29 is 18.3 Å². The van der Waals surface area contributed by atoms with E-state index in [0.717, 1.165) is 5.69 Å². The molecule has 10 heteroatoms. The molecule has 0 radical (unpaired) electrons. The number of hydrogen-bond donors (Lipinski definition) is 2. The van der Waals surface area contributed by atoms with Crippen molar-refractivity contribution in [1.29, 1.82) is 0 Å². The molecule has 5 aromatic rings. The lowest BCUT2D eigenvalue weighted by Crippen LogP contribution is -2.13. The largest absolute Gasteiger partial charge is 0.496 e. The third-order valence-corrected chi connectivity index (χ3v) is 5.46. The Hall–Kier alpha value is -4.99. The van der Waals surface area contributed by atoms with Gasteiger partial charge in [0.2, 0.25) is 6.17 Å². The molecule has 0 saturated heterocycles. The van der Waals surface area contributed by atoms with E-state index in [-0.39, 0.29) is 23.2 Å². The van der Waals surface area contributed by atoms with Crippen LogP contribution < -0.4 is 15.8 Å². The van der Waals surface area contributed by atoms with E-state index in [9.17, 15) is 4.79 Å². The Balaban J connectivity index is 1.29. The van der Waals surface area contributed by atoms with Crippen LogP contribution in [0.3, 0.4) is 0 Å². The zero-order valence-electron chi connectivity index (χ0n) is 19.1. The highest BCUT2D eigenvalue weighted by atomic mass is 19.1. The van der Waals surface area contributed by atoms with Crippen molar-refractivity contribution in [2.45, 2.75) is 6.17 Å². The van der Waals surface area contributed by atoms with Gasteiger partial charge in [-0.1, -0.05) is 42.5 Å². The van der Waals surface area contributed by atoms with E-state index in [0.29, 0.717) is 22.6 Å². The van der Waals surface area contributed by atoms with Gasteiger partial charge in [0, 0.05) is 5.56 Å². The van der Waals surface area contributed by atoms with E-state index >= 15 is 4.39 Å². The molecule has 1 unspecified atom stereocenters. The van der Waals surface area contributed by atoms with Crippen molar-refractivity contribution in [3.05, 3.63) is 102 Å². The number of halogens is 1. The summed E-state index contributed by atoms with van der Waals surface area (Å²) in [5.41, 5.74) is 8.26. The van der Waals surface area contributed by atoms with Gasteiger partial charge in [-0.3, -0.25) is 4.79 Å². The van der Waals surface area contributed by atoms with Crippen molar-refractivity contribution >= 4 is 17.4 Å². The molecule has 0 saturated carbocycles. The number of amides is 1. The highest BCUT2D eigenvalue weighted by Crippen LogP contribution is 2.32. The quantitative estimate of drug-likeness (QED) is 0.340. The van der Waals surface area contributed by atoms with E-state index in [1.807, 2.05) is 30.3 Å². The van der Waals surface area contributed by atoms with E-state index in [1.54, 1.807) is 35.1 Å². The number of carbonyl (C=O) groups is 1. The molecule has 180 valence electrons. The highest BCUT2D eigenvalue weighted by molar-refractivity contribution is 6.05. The van der Waals surface area contributed by atoms with Crippen LogP contribution in [0, 0.1) is 0 Å². The monoisotopic (exact) mass is 484 g/mol. The Kier molecular flexibility index (Phi) is 6.14. The summed E-state index contributed by atoms with van der Waals surface area (Å²) in [6.45, 7) is 0. The van der Waals surface area contributed by atoms with Gasteiger partial charge in [-0.15, -0.1) is 15.3 Å². The van der Waals surface area contributed by atoms with Gasteiger partial charge in [-0.05, 0) is 42.0 Å². The molecule has 0 aliphatic heterocycles. The fourth-order valence-corrected chi connectivity index (χ4v) is 3.59. The van der Waals surface area contributed by atoms with E-state index in [1.165, 1.54) is 31.4 Å². The summed E-state index contributed by atoms with van der Waals surface area (Å²) in [6.07, 6.45) is -0.0545. The normalized spacial score (nSPS) is 11.7. The van der Waals surface area contributed by atoms with Crippen LogP contribution in [0.2, 0.25) is 0 Å². The maximum absolute atomic E-state index is 15.1. The first-order valence-corrected chi connectivity index (χ1v) is 11.0. The minimum absolute atomic E-state index is 0.147. The first kappa shape index (κ1) is 22.8. The van der Waals surface area contributed by atoms with E-state index in [2.05, 4.69) is 20.6 Å². The van der Waals surface area contributed by atoms with Crippen molar-refractivity contribution in [1.82, 2.24) is 20.0 Å². The standard InChI is InChI=1S/C26H21FN6O3/c1-35-21-10-6-5-9-19(21)25-30-31-26(36-25)22(27)16-11-13-17(14-12-16)24(34)29-23-20(28)15-33(32-23)18-7-3-2-4-8-18/h2-15,22H,28H2,1H3,(H,29,32,34). The summed E-state index contributed by atoms with van der Waals surface area (Å²) in [4.78, 5) is 12.7. The Labute approximate surface area is 205 Å². The van der Waals surface area contributed by atoms with Gasteiger partial charge in [-0.25, -0.2) is 9.07 Å². The molecule has 1 amide bonds. The van der Waals surface area contributed by atoms with Gasteiger partial charge in [0.1, 0.15) is 5.75 Å². The van der Waals surface area contributed by atoms with Crippen LogP contribution in [0.15, 0.2) is 89.5 Å². The molecule has 36 heavy (non-hydrogen) atoms. The topological polar surface area (TPSA) is 121 Å². The summed E-state index contributed by atoms with van der Waals surface area (Å²) in [5, 5.41) is 14.8. The number of carbonyl (C=O) groups excluding carboxylic acids is 1. The average molecular weight is 484 g/mol. The molecule has 1 atom stereocenters. The van der Waals surface area contributed by atoms with Crippen LogP contribution in [0.5, 0.6) is 5.75 Å². The predicted octanol–water partition coefficient (Wildman–Crippen LogP) is 4.82. The molecule has 0 spiro atoms. The number of aromatic nitrogens is 4. The summed E-state index contributed by atoms with van der Waals surface area (Å²) >= 11 is 0. The SMILES string of the molecule is COc1ccccc1-c1nnc(C(F)c2ccc(C(=O)Nc3nn(-c4ccccc4)cc3N)cc2)o1. The Morgan fingerprint density at radius 3 is 2.50 bits per heavy atom. The Bertz CT molecular complexity index is 1500. The van der Waals surface area contributed by atoms with Gasteiger partial charge in [0.25, 0.3) is 17.7 Å². The zero-order valence-corrected chi connectivity index (χ0v) is 19.1. The van der Waals surface area contributed by atoms with Crippen molar-refractivity contribution in [3.63, 3.8) is 0 Å². The molecule has 0 bridgehead atoms. The third-order valence-electron chi connectivity index (χ3n) is 5.46. The van der Waals surface area contributed by atoms with E-state index < -0.39 is 12.1 Å². The van der Waals surface area contributed by atoms with E-state index in [4.69, 9.17) is 14.9 Å². The number of nitrogens with one attached hydrogen (secondary N) is 1. The summed E-state index contributed by atoms with van der Waals surface area (Å²) in [5.74, 6) is 0.276. The van der Waals surface area contributed by atoms with Crippen LogP contribution in [0.1, 0.15) is 28.0 Å². The van der Waals surface area contributed by atoms with Gasteiger partial charge in [0.15, 0.2) is 5.82 Å². The smallest absolute Gasteiger partial charge is 0.256 e. The number of hydrogen-bond acceptors (Lipinski definition) is 7. The number of ether oxygens (including phenoxy) is 1. The number of nitrogens with two attached hydrogens (primary N) is 1. The van der Waals surface area contributed by atoms with Crippen molar-refractivity contribution in [2.24, 2.45) is 0 Å². The minimum atomic E-state index is -1.67. The lowest BCUT2D eigenvalue weighted by atomic mass is 10.1. The minimum Gasteiger partial charge on any atom is -0.496 e. The predicted molar refractivity (Wildman–Crippen MR) is 132 cm³/mol. The Morgan fingerprint density at radius 2 is 1.75 bits per heavy atom. The molecular formula is C26H21FN6O3. The number of nitrogens with zero attached hydrogens (tertiary/aromatic N) is 4. The highest BCUT2D eigenvalue weighted by Gasteiger charge is 2.22. The maximum Gasteiger partial charge on any atom is 0.256 e. The summed E-state index contributed by atoms with van der Waals surface area (Å²) < 4.78 is 27.5. The number of alkyl halides is 1.